The van der Waals surface area contributed by atoms with Crippen molar-refractivity contribution in [1.29, 1.82) is 0 Å². The summed E-state index contributed by atoms with van der Waals surface area (Å²) in [6.45, 7) is 4.72. The van der Waals surface area contributed by atoms with Gasteiger partial charge in [-0.05, 0) is 61.1 Å². The maximum atomic E-state index is 12.1. The molecule has 1 N–H and O–H groups in total. The minimum atomic E-state index is -1.04. The topological polar surface area (TPSA) is 95.9 Å². The molecule has 1 heterocycles. The zero-order valence-electron chi connectivity index (χ0n) is 22.0. The SMILES string of the molecule is CCCOc1c(OC)cc([C@@H]2CC[C@@H](c3cc(OC)c(OC)c(OC)c3)O2)cc1N(CCC)C(=O)O. The third-order valence-electron chi connectivity index (χ3n) is 6.15. The van der Waals surface area contributed by atoms with Crippen LogP contribution >= 0.6 is 0 Å². The Balaban J connectivity index is 1.98. The van der Waals surface area contributed by atoms with Crippen molar-refractivity contribution in [3.8, 4) is 28.7 Å². The van der Waals surface area contributed by atoms with E-state index in [1.165, 1.54) is 4.90 Å². The molecular formula is C27H37NO8. The van der Waals surface area contributed by atoms with E-state index in [2.05, 4.69) is 0 Å². The van der Waals surface area contributed by atoms with Gasteiger partial charge in [0.2, 0.25) is 5.75 Å². The highest BCUT2D eigenvalue weighted by Gasteiger charge is 2.32. The van der Waals surface area contributed by atoms with Gasteiger partial charge >= 0.3 is 6.09 Å². The molecule has 198 valence electrons. The molecule has 0 unspecified atom stereocenters. The average molecular weight is 504 g/mol. The Kier molecular flexibility index (Phi) is 9.52. The van der Waals surface area contributed by atoms with E-state index in [1.54, 1.807) is 28.4 Å². The number of methoxy groups -OCH3 is 4. The minimum absolute atomic E-state index is 0.194. The van der Waals surface area contributed by atoms with E-state index in [0.717, 1.165) is 30.4 Å². The monoisotopic (exact) mass is 503 g/mol. The maximum absolute atomic E-state index is 12.1. The second-order valence-electron chi connectivity index (χ2n) is 8.50. The largest absolute Gasteiger partial charge is 0.493 e. The summed E-state index contributed by atoms with van der Waals surface area (Å²) in [7, 11) is 6.29. The molecule has 0 bridgehead atoms. The van der Waals surface area contributed by atoms with Crippen molar-refractivity contribution in [2.75, 3.05) is 46.5 Å². The van der Waals surface area contributed by atoms with Crippen LogP contribution in [-0.2, 0) is 4.74 Å². The number of anilines is 1. The molecule has 9 nitrogen and oxygen atoms in total. The first kappa shape index (κ1) is 27.3. The van der Waals surface area contributed by atoms with Gasteiger partial charge in [-0.3, -0.25) is 4.90 Å². The van der Waals surface area contributed by atoms with E-state index in [4.69, 9.17) is 28.4 Å². The van der Waals surface area contributed by atoms with Crippen LogP contribution in [0.3, 0.4) is 0 Å². The van der Waals surface area contributed by atoms with Crippen LogP contribution < -0.4 is 28.6 Å². The molecule has 1 amide bonds. The third kappa shape index (κ3) is 5.73. The maximum Gasteiger partial charge on any atom is 0.411 e. The Morgan fingerprint density at radius 2 is 1.39 bits per heavy atom. The van der Waals surface area contributed by atoms with Gasteiger partial charge < -0.3 is 33.5 Å². The molecule has 3 rings (SSSR count). The molecule has 1 saturated heterocycles. The number of hydrogen-bond acceptors (Lipinski definition) is 7. The van der Waals surface area contributed by atoms with E-state index < -0.39 is 6.09 Å². The molecule has 1 aliphatic heterocycles. The molecule has 1 aliphatic rings. The zero-order chi connectivity index (χ0) is 26.2. The van der Waals surface area contributed by atoms with Crippen LogP contribution in [-0.4, -0.2) is 52.8 Å². The minimum Gasteiger partial charge on any atom is -0.493 e. The molecule has 0 aromatic heterocycles. The Hall–Kier alpha value is -3.33. The highest BCUT2D eigenvalue weighted by Crippen LogP contribution is 2.48. The van der Waals surface area contributed by atoms with Crippen molar-refractivity contribution in [3.05, 3.63) is 35.4 Å². The number of ether oxygens (including phenoxy) is 6. The van der Waals surface area contributed by atoms with Gasteiger partial charge in [0.25, 0.3) is 0 Å². The van der Waals surface area contributed by atoms with Gasteiger partial charge in [-0.25, -0.2) is 4.79 Å². The second kappa shape index (κ2) is 12.6. The fraction of sp³-hybridized carbons (Fsp3) is 0.519. The van der Waals surface area contributed by atoms with Crippen molar-refractivity contribution in [2.45, 2.75) is 51.7 Å². The van der Waals surface area contributed by atoms with Crippen molar-refractivity contribution in [1.82, 2.24) is 0 Å². The first-order chi connectivity index (χ1) is 17.4. The summed E-state index contributed by atoms with van der Waals surface area (Å²) in [6, 6.07) is 7.52. The lowest BCUT2D eigenvalue weighted by Crippen LogP contribution is -2.30. The van der Waals surface area contributed by atoms with Crippen LogP contribution in [0.4, 0.5) is 10.5 Å². The van der Waals surface area contributed by atoms with Crippen LogP contribution in [0.2, 0.25) is 0 Å². The van der Waals surface area contributed by atoms with E-state index in [0.29, 0.717) is 54.0 Å². The average Bonchev–Trinajstić information content (AvgIpc) is 3.39. The van der Waals surface area contributed by atoms with Crippen LogP contribution in [0.25, 0.3) is 0 Å². The summed E-state index contributed by atoms with van der Waals surface area (Å²) < 4.78 is 34.5. The van der Waals surface area contributed by atoms with Gasteiger partial charge in [-0.2, -0.15) is 0 Å². The normalized spacial score (nSPS) is 16.9. The molecule has 0 saturated carbocycles. The first-order valence-electron chi connectivity index (χ1n) is 12.2. The molecule has 9 heteroatoms. The Morgan fingerprint density at radius 3 is 1.83 bits per heavy atom. The van der Waals surface area contributed by atoms with Gasteiger partial charge in [0.1, 0.15) is 0 Å². The lowest BCUT2D eigenvalue weighted by molar-refractivity contribution is 0.0437. The number of carboxylic acid groups (broad SMARTS) is 1. The fourth-order valence-corrected chi connectivity index (χ4v) is 4.45. The highest BCUT2D eigenvalue weighted by atomic mass is 16.5. The van der Waals surface area contributed by atoms with Crippen LogP contribution in [0.1, 0.15) is 62.9 Å². The smallest absolute Gasteiger partial charge is 0.411 e. The summed E-state index contributed by atoms with van der Waals surface area (Å²) >= 11 is 0. The van der Waals surface area contributed by atoms with Crippen molar-refractivity contribution >= 4 is 11.8 Å². The van der Waals surface area contributed by atoms with Gasteiger partial charge in [-0.1, -0.05) is 13.8 Å². The summed E-state index contributed by atoms with van der Waals surface area (Å²) in [5, 5.41) is 9.92. The summed E-state index contributed by atoms with van der Waals surface area (Å²) in [5.74, 6) is 2.57. The van der Waals surface area contributed by atoms with Crippen LogP contribution in [0.15, 0.2) is 24.3 Å². The van der Waals surface area contributed by atoms with Crippen molar-refractivity contribution in [3.63, 3.8) is 0 Å². The summed E-state index contributed by atoms with van der Waals surface area (Å²) in [4.78, 5) is 13.4. The number of nitrogens with zero attached hydrogens (tertiary/aromatic N) is 1. The molecule has 0 radical (unpaired) electrons. The molecule has 36 heavy (non-hydrogen) atoms. The zero-order valence-corrected chi connectivity index (χ0v) is 22.0. The Bertz CT molecular complexity index is 1020. The Morgan fingerprint density at radius 1 is 0.861 bits per heavy atom. The Labute approximate surface area is 212 Å². The third-order valence-corrected chi connectivity index (χ3v) is 6.15. The van der Waals surface area contributed by atoms with E-state index in [-0.39, 0.29) is 12.2 Å². The van der Waals surface area contributed by atoms with Crippen molar-refractivity contribution in [2.24, 2.45) is 0 Å². The molecule has 2 atom stereocenters. The number of rotatable bonds is 12. The summed E-state index contributed by atoms with van der Waals surface area (Å²) in [6.07, 6.45) is 1.48. The second-order valence-corrected chi connectivity index (χ2v) is 8.50. The fourth-order valence-electron chi connectivity index (χ4n) is 4.45. The van der Waals surface area contributed by atoms with Gasteiger partial charge in [-0.15, -0.1) is 0 Å². The van der Waals surface area contributed by atoms with Gasteiger partial charge in [0, 0.05) is 6.54 Å². The number of benzene rings is 2. The summed E-state index contributed by atoms with van der Waals surface area (Å²) in [5.41, 5.74) is 2.22. The number of hydrogen-bond donors (Lipinski definition) is 1. The predicted molar refractivity (Wildman–Crippen MR) is 136 cm³/mol. The quantitative estimate of drug-likeness (QED) is 0.377. The predicted octanol–water partition coefficient (Wildman–Crippen LogP) is 6.00. The van der Waals surface area contributed by atoms with E-state index in [9.17, 15) is 9.90 Å². The van der Waals surface area contributed by atoms with Crippen molar-refractivity contribution < 1.29 is 38.3 Å². The molecule has 0 spiro atoms. The number of amides is 1. The lowest BCUT2D eigenvalue weighted by Gasteiger charge is -2.25. The standard InChI is InChI=1S/C27H37NO8/c1-7-11-28(27(29)30)19-13-17(14-22(31-3)25(19)35-12-8-2)20-9-10-21(36-20)18-15-23(32-4)26(34-6)24(16-18)33-5/h13-16,20-21H,7-12H2,1-6H3,(H,29,30)/t20-,21-/m0/s1. The molecule has 0 aliphatic carbocycles. The van der Waals surface area contributed by atoms with E-state index in [1.807, 2.05) is 38.1 Å². The van der Waals surface area contributed by atoms with Crippen LogP contribution in [0, 0.1) is 0 Å². The lowest BCUT2D eigenvalue weighted by atomic mass is 10.0. The molecular weight excluding hydrogens is 466 g/mol. The molecule has 2 aromatic rings. The van der Waals surface area contributed by atoms with E-state index >= 15 is 0 Å². The van der Waals surface area contributed by atoms with Gasteiger partial charge in [0.05, 0.1) is 52.9 Å². The molecule has 2 aromatic carbocycles. The van der Waals surface area contributed by atoms with Gasteiger partial charge in [0.15, 0.2) is 23.0 Å². The molecule has 1 fully saturated rings. The van der Waals surface area contributed by atoms with Crippen LogP contribution in [0.5, 0.6) is 28.7 Å². The highest BCUT2D eigenvalue weighted by molar-refractivity contribution is 5.89. The first-order valence-corrected chi connectivity index (χ1v) is 12.2. The number of carbonyl (C=O) groups is 1.